The number of aryl methyl sites for hydroxylation is 1. The van der Waals surface area contributed by atoms with Gasteiger partial charge in [0, 0.05) is 61.5 Å². The van der Waals surface area contributed by atoms with Crippen molar-refractivity contribution in [3.05, 3.63) is 65.0 Å². The number of piperidine rings is 1. The summed E-state index contributed by atoms with van der Waals surface area (Å²) in [6, 6.07) is 2.84. The first-order chi connectivity index (χ1) is 18.4. The Morgan fingerprint density at radius 2 is 2.11 bits per heavy atom. The van der Waals surface area contributed by atoms with Gasteiger partial charge in [-0.05, 0) is 56.4 Å². The van der Waals surface area contributed by atoms with Crippen LogP contribution < -0.4 is 16.0 Å². The summed E-state index contributed by atoms with van der Waals surface area (Å²) >= 11 is 0. The molecule has 4 heterocycles. The van der Waals surface area contributed by atoms with Crippen molar-refractivity contribution in [2.75, 3.05) is 32.8 Å². The molecule has 1 amide bonds. The van der Waals surface area contributed by atoms with Gasteiger partial charge in [-0.1, -0.05) is 0 Å². The molecule has 6 rings (SSSR count). The number of hydrogen-bond donors (Lipinski definition) is 3. The van der Waals surface area contributed by atoms with Crippen molar-refractivity contribution >= 4 is 11.5 Å². The number of alkyl halides is 1. The highest BCUT2D eigenvalue weighted by atomic mass is 19.1. The SMILES string of the molecule is Cc1cc(F)c(C(=O)NC2CC2)cc1-n1cc(C2=CNCC(N[C@H]3CCN(C[C@H]4CCO4)C[C@H]3F)=C2)cn1. The zero-order chi connectivity index (χ0) is 26.2. The van der Waals surface area contributed by atoms with Crippen LogP contribution in [0, 0.1) is 12.7 Å². The van der Waals surface area contributed by atoms with Gasteiger partial charge < -0.3 is 20.7 Å². The Labute approximate surface area is 221 Å². The third-order valence-corrected chi connectivity index (χ3v) is 7.74. The molecular formula is C28H34F2N6O2. The van der Waals surface area contributed by atoms with Crippen molar-refractivity contribution in [3.63, 3.8) is 0 Å². The van der Waals surface area contributed by atoms with E-state index in [1.807, 2.05) is 18.5 Å². The first-order valence-corrected chi connectivity index (χ1v) is 13.5. The summed E-state index contributed by atoms with van der Waals surface area (Å²) in [6.07, 6.45) is 10.5. The number of ether oxygens (including phenoxy) is 1. The first kappa shape index (κ1) is 25.1. The van der Waals surface area contributed by atoms with E-state index in [0.29, 0.717) is 24.3 Å². The van der Waals surface area contributed by atoms with E-state index in [4.69, 9.17) is 4.74 Å². The lowest BCUT2D eigenvalue weighted by Crippen LogP contribution is -2.53. The fourth-order valence-corrected chi connectivity index (χ4v) is 5.24. The maximum Gasteiger partial charge on any atom is 0.254 e. The number of allylic oxidation sites excluding steroid dienone is 2. The highest BCUT2D eigenvalue weighted by Crippen LogP contribution is 2.26. The number of nitrogens with one attached hydrogen (secondary N) is 3. The minimum absolute atomic E-state index is 0.0199. The molecule has 0 radical (unpaired) electrons. The van der Waals surface area contributed by atoms with Gasteiger partial charge in [0.2, 0.25) is 0 Å². The predicted octanol–water partition coefficient (Wildman–Crippen LogP) is 2.83. The van der Waals surface area contributed by atoms with Crippen LogP contribution in [0.3, 0.4) is 0 Å². The Hall–Kier alpha value is -3.24. The lowest BCUT2D eigenvalue weighted by atomic mass is 10.0. The molecule has 3 N–H and O–H groups in total. The standard InChI is InChI=1S/C28H34F2N6O2/c1-17-8-24(29)23(28(37)34-20-2-3-20)10-27(17)36-14-19(12-32-36)18-9-21(13-31-11-18)33-26-4-6-35(16-25(26)30)15-22-5-7-38-22/h8-12,14,20,22,25-26,31,33H,2-7,13,15-16H2,1H3,(H,34,37)/t22-,25-,26+/m1/s1. The van der Waals surface area contributed by atoms with Gasteiger partial charge in [-0.25, -0.2) is 13.5 Å². The second-order valence-electron chi connectivity index (χ2n) is 10.8. The van der Waals surface area contributed by atoms with Gasteiger partial charge in [0.15, 0.2) is 0 Å². The summed E-state index contributed by atoms with van der Waals surface area (Å²) in [5.41, 5.74) is 4.03. The van der Waals surface area contributed by atoms with Crippen LogP contribution >= 0.6 is 0 Å². The van der Waals surface area contributed by atoms with E-state index in [0.717, 1.165) is 62.2 Å². The second kappa shape index (κ2) is 10.5. The van der Waals surface area contributed by atoms with E-state index in [2.05, 4.69) is 25.9 Å². The number of rotatable bonds is 8. The number of benzene rings is 1. The molecule has 1 aromatic carbocycles. The number of carbonyl (C=O) groups is 1. The average molecular weight is 525 g/mol. The van der Waals surface area contributed by atoms with Gasteiger partial charge in [0.05, 0.1) is 36.1 Å². The van der Waals surface area contributed by atoms with Gasteiger partial charge in [-0.2, -0.15) is 5.10 Å². The van der Waals surface area contributed by atoms with Crippen molar-refractivity contribution in [2.45, 2.75) is 57.0 Å². The van der Waals surface area contributed by atoms with Crippen LogP contribution in [0.2, 0.25) is 0 Å². The van der Waals surface area contributed by atoms with Crippen molar-refractivity contribution < 1.29 is 18.3 Å². The van der Waals surface area contributed by atoms with E-state index < -0.39 is 17.9 Å². The molecule has 8 nitrogen and oxygen atoms in total. The average Bonchev–Trinajstić information content (AvgIpc) is 3.55. The highest BCUT2D eigenvalue weighted by molar-refractivity contribution is 5.95. The highest BCUT2D eigenvalue weighted by Gasteiger charge is 2.32. The smallest absolute Gasteiger partial charge is 0.254 e. The molecule has 0 bridgehead atoms. The molecule has 1 aliphatic carbocycles. The van der Waals surface area contributed by atoms with Gasteiger partial charge in [0.1, 0.15) is 12.0 Å². The first-order valence-electron chi connectivity index (χ1n) is 13.5. The van der Waals surface area contributed by atoms with Crippen LogP contribution in [0.25, 0.3) is 11.3 Å². The predicted molar refractivity (Wildman–Crippen MR) is 140 cm³/mol. The summed E-state index contributed by atoms with van der Waals surface area (Å²) < 4.78 is 36.7. The number of hydrogen-bond acceptors (Lipinski definition) is 6. The van der Waals surface area contributed by atoms with Crippen LogP contribution in [0.4, 0.5) is 8.78 Å². The van der Waals surface area contributed by atoms with Crippen LogP contribution in [0.1, 0.15) is 47.2 Å². The molecule has 3 aliphatic heterocycles. The van der Waals surface area contributed by atoms with Crippen molar-refractivity contribution in [1.29, 1.82) is 0 Å². The lowest BCUT2D eigenvalue weighted by Gasteiger charge is -2.39. The van der Waals surface area contributed by atoms with Crippen molar-refractivity contribution in [3.8, 4) is 5.69 Å². The minimum atomic E-state index is -0.949. The molecule has 3 atom stereocenters. The van der Waals surface area contributed by atoms with Gasteiger partial charge >= 0.3 is 0 Å². The van der Waals surface area contributed by atoms with Gasteiger partial charge in [-0.3, -0.25) is 9.69 Å². The summed E-state index contributed by atoms with van der Waals surface area (Å²) in [5.74, 6) is -0.937. The fraction of sp³-hybridized carbons (Fsp3) is 0.500. The molecule has 2 saturated heterocycles. The molecule has 0 spiro atoms. The quantitative estimate of drug-likeness (QED) is 0.493. The van der Waals surface area contributed by atoms with Crippen LogP contribution in [0.15, 0.2) is 42.5 Å². The normalized spacial score (nSPS) is 25.6. The molecule has 1 aromatic heterocycles. The van der Waals surface area contributed by atoms with E-state index in [1.54, 1.807) is 23.9 Å². The zero-order valence-electron chi connectivity index (χ0n) is 21.6. The molecule has 38 heavy (non-hydrogen) atoms. The largest absolute Gasteiger partial charge is 0.385 e. The summed E-state index contributed by atoms with van der Waals surface area (Å²) in [6.45, 7) is 5.30. The fourth-order valence-electron chi connectivity index (χ4n) is 5.24. The summed E-state index contributed by atoms with van der Waals surface area (Å²) in [4.78, 5) is 14.7. The monoisotopic (exact) mass is 524 g/mol. The second-order valence-corrected chi connectivity index (χ2v) is 10.8. The number of dihydropyridines is 1. The number of likely N-dealkylation sites (tertiary alicyclic amines) is 1. The third-order valence-electron chi connectivity index (χ3n) is 7.74. The Kier molecular flexibility index (Phi) is 6.92. The van der Waals surface area contributed by atoms with E-state index in [1.165, 1.54) is 6.07 Å². The Balaban J connectivity index is 1.13. The molecule has 1 saturated carbocycles. The maximum absolute atomic E-state index is 15.0. The van der Waals surface area contributed by atoms with E-state index in [9.17, 15) is 13.6 Å². The minimum Gasteiger partial charge on any atom is -0.385 e. The topological polar surface area (TPSA) is 83.5 Å². The van der Waals surface area contributed by atoms with Crippen molar-refractivity contribution in [2.24, 2.45) is 0 Å². The number of aromatic nitrogens is 2. The molecule has 4 aliphatic rings. The van der Waals surface area contributed by atoms with Crippen molar-refractivity contribution in [1.82, 2.24) is 30.6 Å². The van der Waals surface area contributed by atoms with E-state index in [-0.39, 0.29) is 23.8 Å². The van der Waals surface area contributed by atoms with Crippen LogP contribution in [-0.4, -0.2) is 77.7 Å². The Morgan fingerprint density at radius 3 is 2.84 bits per heavy atom. The molecular weight excluding hydrogens is 490 g/mol. The third kappa shape index (κ3) is 5.47. The maximum atomic E-state index is 15.0. The molecule has 202 valence electrons. The number of carbonyl (C=O) groups excluding carboxylic acids is 1. The van der Waals surface area contributed by atoms with Gasteiger partial charge in [-0.15, -0.1) is 0 Å². The molecule has 3 fully saturated rings. The van der Waals surface area contributed by atoms with Gasteiger partial charge in [0.25, 0.3) is 5.91 Å². The molecule has 2 aromatic rings. The number of halogens is 2. The van der Waals surface area contributed by atoms with Crippen LogP contribution in [-0.2, 0) is 4.74 Å². The summed E-state index contributed by atoms with van der Waals surface area (Å²) in [5, 5.41) is 14.0. The Morgan fingerprint density at radius 1 is 1.26 bits per heavy atom. The van der Waals surface area contributed by atoms with Crippen LogP contribution in [0.5, 0.6) is 0 Å². The molecule has 10 heteroatoms. The van der Waals surface area contributed by atoms with E-state index >= 15 is 0 Å². The number of amides is 1. The lowest BCUT2D eigenvalue weighted by molar-refractivity contribution is -0.0731. The Bertz CT molecular complexity index is 1270. The number of nitrogens with zero attached hydrogens (tertiary/aromatic N) is 3. The zero-order valence-corrected chi connectivity index (χ0v) is 21.6. The molecule has 0 unspecified atom stereocenters. The summed E-state index contributed by atoms with van der Waals surface area (Å²) in [7, 11) is 0.